The number of hydrogen-bond donors (Lipinski definition) is 6. The Kier molecular flexibility index (Phi) is 50.8. The first kappa shape index (κ1) is 87.0. The van der Waals surface area contributed by atoms with Gasteiger partial charge in [-0.15, -0.1) is 4.40 Å². The molecule has 29 heteroatoms. The van der Waals surface area contributed by atoms with Gasteiger partial charge in [-0.3, -0.25) is 14.4 Å². The topological polar surface area (TPSA) is 372 Å². The molecule has 0 unspecified atom stereocenters. The minimum Gasteiger partial charge on any atom is -0.420 e. The molecule has 5 aromatic rings. The number of benzene rings is 5. The van der Waals surface area contributed by atoms with E-state index in [1.54, 1.807) is 98.8 Å². The van der Waals surface area contributed by atoms with Crippen molar-refractivity contribution in [3.05, 3.63) is 132 Å². The summed E-state index contributed by atoms with van der Waals surface area (Å²) >= 11 is 2.96. The number of ketones is 1. The van der Waals surface area contributed by atoms with Crippen LogP contribution in [0.4, 0.5) is 28.4 Å². The zero-order valence-corrected chi connectivity index (χ0v) is 57.0. The van der Waals surface area contributed by atoms with Crippen LogP contribution in [-0.4, -0.2) is 62.6 Å². The third kappa shape index (κ3) is 38.3. The van der Waals surface area contributed by atoms with Crippen molar-refractivity contribution in [2.24, 2.45) is 9.54 Å². The van der Waals surface area contributed by atoms with Crippen LogP contribution in [0.1, 0.15) is 104 Å². The number of alkyl halides is 1. The fraction of sp³-hybridized carbons (Fsp3) is 0.308. The first-order valence-corrected chi connectivity index (χ1v) is 33.2. The molecule has 0 atom stereocenters. The van der Waals surface area contributed by atoms with E-state index >= 15 is 0 Å². The maximum atomic E-state index is 11.6. The number of fused-ring (bicyclic) bond motifs is 2. The Labute approximate surface area is 518 Å². The molecule has 10 N–H and O–H groups in total. The molecule has 0 fully saturated rings. The number of nitrogens with zero attached hydrogens (tertiary/aromatic N) is 1. The maximum absolute atomic E-state index is 11.6. The van der Waals surface area contributed by atoms with Crippen molar-refractivity contribution in [2.75, 3.05) is 33.2 Å². The maximum Gasteiger partial charge on any atom is 1.00 e. The van der Waals surface area contributed by atoms with Crippen LogP contribution in [-0.2, 0) is 77.2 Å². The zero-order valence-electron chi connectivity index (χ0n) is 48.6. The Hall–Kier alpha value is -5.20. The minimum absolute atomic E-state index is 0. The molecule has 0 spiro atoms. The summed E-state index contributed by atoms with van der Waals surface area (Å²) in [6.45, 7) is 27.2. The van der Waals surface area contributed by atoms with Gasteiger partial charge in [-0.25, -0.2) is 30.4 Å². The predicted molar refractivity (Wildman–Crippen MR) is 329 cm³/mol. The van der Waals surface area contributed by atoms with Crippen molar-refractivity contribution >= 4 is 128 Å². The fourth-order valence-corrected chi connectivity index (χ4v) is 9.50. The normalized spacial score (nSPS) is 11.7. The number of primary sulfonamides is 1. The molecule has 0 amide bonds. The third-order valence-corrected chi connectivity index (χ3v) is 14.5. The van der Waals surface area contributed by atoms with Crippen LogP contribution in [0.3, 0.4) is 0 Å². The number of hydrogen-bond acceptors (Lipinski definition) is 20. The van der Waals surface area contributed by atoms with Crippen molar-refractivity contribution in [1.82, 2.24) is 0 Å². The summed E-state index contributed by atoms with van der Waals surface area (Å²) in [5.74, 6) is -0.552. The van der Waals surface area contributed by atoms with Gasteiger partial charge in [-0.2, -0.15) is 8.42 Å². The van der Waals surface area contributed by atoms with E-state index < -0.39 is 61.6 Å². The first-order valence-electron chi connectivity index (χ1n) is 24.2. The molecule has 2 aliphatic heterocycles. The minimum atomic E-state index is -3.69. The molecule has 0 aliphatic carbocycles. The zero-order chi connectivity index (χ0) is 63.6. The molecular weight excluding hydrogens is 1250 g/mol. The summed E-state index contributed by atoms with van der Waals surface area (Å²) in [6, 6.07) is 32.0. The SMILES string of the molecule is CC.CC.CC.CC.CC.CC(=O)CBr.CC(=O)OC(C)=O.CC1=CS(=O)(=O)c2ccccc2N1.CC1=NS(=O)(=O)c2ccccc2N1.Nc1ccccc1S(=O)(=O)Cl.Nc1ccccc1S(N)(=O)=O.Nc1ccccc1[S-](=O)=O.[Na+]. The predicted octanol–water partition coefficient (Wildman–Crippen LogP) is 8.22. The molecule has 21 nitrogen and oxygen atoms in total. The average molecular weight is 1320 g/mol. The molecule has 2 aliphatic rings. The van der Waals surface area contributed by atoms with Gasteiger partial charge in [0.25, 0.3) is 19.1 Å². The van der Waals surface area contributed by atoms with E-state index in [1.807, 2.05) is 69.2 Å². The number of nitrogens with two attached hydrogens (primary N) is 4. The van der Waals surface area contributed by atoms with Gasteiger partial charge in [0.1, 0.15) is 26.3 Å². The summed E-state index contributed by atoms with van der Waals surface area (Å²) < 4.78 is 117. The number of sulfonamides is 2. The Morgan fingerprint density at radius 1 is 0.593 bits per heavy atom. The second-order valence-corrected chi connectivity index (χ2v) is 22.4. The molecule has 0 aromatic heterocycles. The number of para-hydroxylation sites is 5. The summed E-state index contributed by atoms with van der Waals surface area (Å²) in [4.78, 5) is 30.1. The Balaban J connectivity index is -0.000000199. The van der Waals surface area contributed by atoms with Gasteiger partial charge in [0.2, 0.25) is 19.9 Å². The summed E-state index contributed by atoms with van der Waals surface area (Å²) in [6.07, 6.45) is 0. The molecule has 0 radical (unpaired) electrons. The smallest absolute Gasteiger partial charge is 0.420 e. The number of ether oxygens (including phenoxy) is 1. The number of carbonyl (C=O) groups excluding carboxylic acids is 3. The number of rotatable bonds is 4. The Bertz CT molecular complexity index is 3090. The van der Waals surface area contributed by atoms with Crippen molar-refractivity contribution in [1.29, 1.82) is 0 Å². The monoisotopic (exact) mass is 1320 g/mol. The van der Waals surface area contributed by atoms with E-state index in [2.05, 4.69) is 35.7 Å². The quantitative estimate of drug-likeness (QED) is 0.0188. The number of allylic oxidation sites excluding steroid dienone is 1. The third-order valence-electron chi connectivity index (χ3n) is 7.58. The number of Topliss-reactive ketones (excluding diaryl/α,β-unsaturated/α-hetero) is 1. The van der Waals surface area contributed by atoms with E-state index in [9.17, 15) is 56.5 Å². The number of amidine groups is 1. The standard InChI is InChI=1S/C9H9NO2S.C8H8N2O2S.C6H6ClNO2S.C6H8N2O2S.C6H6NO2S.C4H6O3.C3H5BrO.5C2H6.Na/c1-7-6-13(11,12)9-5-3-2-4-8(9)10-7;1-6-9-7-4-2-3-5-8(7)13(11,12)10-6;7-11(9,10)6-4-2-1-3-5(6)8;7-5-3-1-2-4-6(5)11(8,9)10;7-5-3-1-2-4-6(5)10(8)9;1-3(5)7-4(2)6;1-3(5)2-4;5*1-2;/h2-6,10H,1H3;2-5H,1H3,(H,9,10);1-4H,8H2;1-4H,7H2,(H2,8,9,10);1-4H,7H2;1-2H3;2H2,1H3;5*1-2H3;/q;;;;-1;;;;;;;;+1. The van der Waals surface area contributed by atoms with E-state index in [-0.39, 0.29) is 72.0 Å². The number of nitrogens with one attached hydrogen (secondary N) is 2. The van der Waals surface area contributed by atoms with Crippen LogP contribution in [0.5, 0.6) is 0 Å². The fourth-order valence-electron chi connectivity index (χ4n) is 4.88. The van der Waals surface area contributed by atoms with E-state index in [0.717, 1.165) is 0 Å². The summed E-state index contributed by atoms with van der Waals surface area (Å²) in [7, 11) is -11.2. The van der Waals surface area contributed by atoms with Gasteiger partial charge in [-0.1, -0.05) is 157 Å². The summed E-state index contributed by atoms with van der Waals surface area (Å²) in [5, 5.41) is 12.5. The van der Waals surface area contributed by atoms with Gasteiger partial charge in [0.05, 0.1) is 38.4 Å². The molecule has 81 heavy (non-hydrogen) atoms. The summed E-state index contributed by atoms with van der Waals surface area (Å²) in [5.41, 5.74) is 18.6. The van der Waals surface area contributed by atoms with Crippen molar-refractivity contribution < 1.29 is 90.8 Å². The van der Waals surface area contributed by atoms with Gasteiger partial charge in [-0.05, 0) is 86.1 Å². The number of halogens is 2. The molecule has 7 rings (SSSR count). The molecule has 0 bridgehead atoms. The van der Waals surface area contributed by atoms with Crippen LogP contribution in [0, 0.1) is 0 Å². The van der Waals surface area contributed by atoms with Crippen molar-refractivity contribution in [3.8, 4) is 0 Å². The molecular formula is C52H78BrClN7NaO14S5. The molecule has 0 saturated carbocycles. The van der Waals surface area contributed by atoms with Gasteiger partial charge in [0.15, 0.2) is 0 Å². The molecule has 5 aromatic carbocycles. The second kappa shape index (κ2) is 47.3. The second-order valence-electron chi connectivity index (χ2n) is 13.5. The number of anilines is 5. The molecule has 0 saturated heterocycles. The Morgan fingerprint density at radius 2 is 0.938 bits per heavy atom. The Morgan fingerprint density at radius 3 is 1.25 bits per heavy atom. The van der Waals surface area contributed by atoms with Crippen molar-refractivity contribution in [2.45, 2.75) is 128 Å². The number of esters is 2. The van der Waals surface area contributed by atoms with Gasteiger partial charge in [0, 0.05) is 35.9 Å². The van der Waals surface area contributed by atoms with Crippen molar-refractivity contribution in [3.63, 3.8) is 0 Å². The van der Waals surface area contributed by atoms with Crippen LogP contribution in [0.2, 0.25) is 0 Å². The largest absolute Gasteiger partial charge is 1.00 e. The van der Waals surface area contributed by atoms with E-state index in [0.29, 0.717) is 33.1 Å². The van der Waals surface area contributed by atoms with Gasteiger partial charge < -0.3 is 41.0 Å². The molecule has 2 heterocycles. The van der Waals surface area contributed by atoms with E-state index in [1.165, 1.54) is 62.6 Å². The number of carbonyl (C=O) groups is 3. The van der Waals surface area contributed by atoms with E-state index in [4.69, 9.17) is 33.0 Å². The van der Waals surface area contributed by atoms with Gasteiger partial charge >= 0.3 is 41.5 Å². The van der Waals surface area contributed by atoms with Crippen LogP contribution in [0.25, 0.3) is 0 Å². The first-order chi connectivity index (χ1) is 37.3. The average Bonchev–Trinajstić information content (AvgIpc) is 3.39. The van der Waals surface area contributed by atoms with Crippen LogP contribution >= 0.6 is 26.6 Å². The number of sulfone groups is 1. The number of nitrogen functional groups attached to an aromatic ring is 3. The van der Waals surface area contributed by atoms with Crippen LogP contribution in [0.15, 0.2) is 161 Å². The van der Waals surface area contributed by atoms with Crippen LogP contribution < -0.4 is 62.5 Å². The molecule has 450 valence electrons.